The van der Waals surface area contributed by atoms with Gasteiger partial charge in [0.2, 0.25) is 5.95 Å². The first kappa shape index (κ1) is 29.2. The first-order valence-corrected chi connectivity index (χ1v) is 14.4. The number of ether oxygens (including phenoxy) is 1. The van der Waals surface area contributed by atoms with Crippen LogP contribution < -0.4 is 20.3 Å². The summed E-state index contributed by atoms with van der Waals surface area (Å²) >= 11 is 0. The van der Waals surface area contributed by atoms with E-state index >= 15 is 0 Å². The molecule has 0 aliphatic carbocycles. The Bertz CT molecular complexity index is 1440. The highest BCUT2D eigenvalue weighted by Gasteiger charge is 2.11. The van der Waals surface area contributed by atoms with Gasteiger partial charge in [-0.1, -0.05) is 36.4 Å². The van der Waals surface area contributed by atoms with Crippen molar-refractivity contribution in [1.29, 1.82) is 0 Å². The van der Waals surface area contributed by atoms with Crippen molar-refractivity contribution < 1.29 is 4.74 Å². The summed E-state index contributed by atoms with van der Waals surface area (Å²) in [5.41, 5.74) is 6.55. The fourth-order valence-electron chi connectivity index (χ4n) is 4.82. The molecule has 0 atom stereocenters. The Morgan fingerprint density at radius 3 is 1.95 bits per heavy atom. The third kappa shape index (κ3) is 8.59. The number of aromatic amines is 1. The van der Waals surface area contributed by atoms with Gasteiger partial charge in [-0.2, -0.15) is 0 Å². The van der Waals surface area contributed by atoms with Crippen molar-refractivity contribution in [2.45, 2.75) is 26.2 Å². The van der Waals surface area contributed by atoms with E-state index in [-0.39, 0.29) is 0 Å². The summed E-state index contributed by atoms with van der Waals surface area (Å²) in [7, 11) is 3.73. The highest BCUT2D eigenvalue weighted by Crippen LogP contribution is 2.22. The SMILES string of the molecule is COc1ccc2[nH]c(N(C)Cc3ccc(CN(CCNCc4ccccn4)CCNCc4ccccn4)cc3)nc2c1. The van der Waals surface area contributed by atoms with Crippen molar-refractivity contribution in [3.05, 3.63) is 114 Å². The molecule has 0 spiro atoms. The zero-order chi connectivity index (χ0) is 29.0. The summed E-state index contributed by atoms with van der Waals surface area (Å²) in [6.07, 6.45) is 3.68. The number of methoxy groups -OCH3 is 1. The number of hydrogen-bond donors (Lipinski definition) is 3. The molecule has 0 saturated carbocycles. The highest BCUT2D eigenvalue weighted by molar-refractivity contribution is 5.79. The molecule has 0 unspecified atom stereocenters. The first-order valence-electron chi connectivity index (χ1n) is 14.4. The zero-order valence-electron chi connectivity index (χ0n) is 24.5. The van der Waals surface area contributed by atoms with E-state index in [2.05, 4.69) is 78.8 Å². The third-order valence-electron chi connectivity index (χ3n) is 7.16. The van der Waals surface area contributed by atoms with E-state index in [0.717, 1.165) is 86.5 Å². The summed E-state index contributed by atoms with van der Waals surface area (Å²) in [4.78, 5) is 21.6. The molecule has 3 aromatic heterocycles. The molecule has 0 bridgehead atoms. The van der Waals surface area contributed by atoms with Crippen molar-refractivity contribution in [2.75, 3.05) is 45.2 Å². The van der Waals surface area contributed by atoms with Crippen molar-refractivity contribution in [2.24, 2.45) is 0 Å². The molecule has 0 radical (unpaired) electrons. The molecule has 5 aromatic rings. The van der Waals surface area contributed by atoms with E-state index in [4.69, 9.17) is 9.72 Å². The standard InChI is InChI=1S/C33H40N8O/c1-40(33-38-31-14-13-30(42-2)21-32(31)39-33)24-26-9-11-27(12-10-26)25-41(19-17-34-22-28-7-3-5-15-36-28)20-18-35-23-29-8-4-6-16-37-29/h3-16,21,34-35H,17-20,22-25H2,1-2H3,(H,38,39). The lowest BCUT2D eigenvalue weighted by atomic mass is 10.1. The molecule has 0 saturated heterocycles. The maximum atomic E-state index is 5.33. The number of hydrogen-bond acceptors (Lipinski definition) is 8. The molecule has 0 amide bonds. The minimum Gasteiger partial charge on any atom is -0.497 e. The number of imidazole rings is 1. The monoisotopic (exact) mass is 564 g/mol. The van der Waals surface area contributed by atoms with E-state index < -0.39 is 0 Å². The van der Waals surface area contributed by atoms with Crippen LogP contribution in [0.2, 0.25) is 0 Å². The predicted molar refractivity (Wildman–Crippen MR) is 168 cm³/mol. The summed E-state index contributed by atoms with van der Waals surface area (Å²) in [5, 5.41) is 7.08. The second-order valence-electron chi connectivity index (χ2n) is 10.4. The number of fused-ring (bicyclic) bond motifs is 1. The molecular weight excluding hydrogens is 524 g/mol. The normalized spacial score (nSPS) is 11.3. The predicted octanol–water partition coefficient (Wildman–Crippen LogP) is 4.38. The summed E-state index contributed by atoms with van der Waals surface area (Å²) < 4.78 is 5.33. The Hall–Kier alpha value is -4.31. The molecule has 2 aromatic carbocycles. The lowest BCUT2D eigenvalue weighted by molar-refractivity contribution is 0.263. The second-order valence-corrected chi connectivity index (χ2v) is 10.4. The van der Waals surface area contributed by atoms with E-state index in [1.807, 2.05) is 54.9 Å². The van der Waals surface area contributed by atoms with Gasteiger partial charge in [0.25, 0.3) is 0 Å². The molecule has 3 N–H and O–H groups in total. The van der Waals surface area contributed by atoms with Crippen LogP contribution in [0.5, 0.6) is 5.75 Å². The van der Waals surface area contributed by atoms with E-state index in [1.165, 1.54) is 11.1 Å². The van der Waals surface area contributed by atoms with E-state index in [9.17, 15) is 0 Å². The molecule has 218 valence electrons. The number of aromatic nitrogens is 4. The van der Waals surface area contributed by atoms with Gasteiger partial charge in [0.1, 0.15) is 5.75 Å². The van der Waals surface area contributed by atoms with Gasteiger partial charge in [0.15, 0.2) is 0 Å². The minimum atomic E-state index is 0.760. The molecule has 42 heavy (non-hydrogen) atoms. The molecule has 9 heteroatoms. The summed E-state index contributed by atoms with van der Waals surface area (Å²) in [6, 6.07) is 26.9. The number of rotatable bonds is 16. The van der Waals surface area contributed by atoms with Crippen molar-refractivity contribution in [1.82, 2.24) is 35.5 Å². The minimum absolute atomic E-state index is 0.760. The number of benzene rings is 2. The van der Waals surface area contributed by atoms with Crippen molar-refractivity contribution in [3.63, 3.8) is 0 Å². The number of nitrogens with one attached hydrogen (secondary N) is 3. The lowest BCUT2D eigenvalue weighted by Gasteiger charge is -2.23. The fraction of sp³-hybridized carbons (Fsp3) is 0.303. The molecule has 5 rings (SSSR count). The summed E-state index contributed by atoms with van der Waals surface area (Å²) in [5.74, 6) is 1.64. The fourth-order valence-corrected chi connectivity index (χ4v) is 4.82. The van der Waals surface area contributed by atoms with E-state index in [1.54, 1.807) is 7.11 Å². The van der Waals surface area contributed by atoms with Gasteiger partial charge in [-0.05, 0) is 47.5 Å². The number of anilines is 1. The number of pyridine rings is 2. The molecular formula is C33H40N8O. The molecule has 9 nitrogen and oxygen atoms in total. The molecule has 0 aliphatic heterocycles. The Balaban J connectivity index is 1.14. The molecule has 0 fully saturated rings. The van der Waals surface area contributed by atoms with Gasteiger partial charge in [-0.25, -0.2) is 4.98 Å². The highest BCUT2D eigenvalue weighted by atomic mass is 16.5. The van der Waals surface area contributed by atoms with Crippen LogP contribution in [0.25, 0.3) is 11.0 Å². The van der Waals surface area contributed by atoms with Gasteiger partial charge in [-0.15, -0.1) is 0 Å². The molecule has 0 aliphatic rings. The van der Waals surface area contributed by atoms with Gasteiger partial charge in [0.05, 0.1) is 29.5 Å². The number of nitrogens with zero attached hydrogens (tertiary/aromatic N) is 5. The van der Waals surface area contributed by atoms with Crippen molar-refractivity contribution >= 4 is 17.0 Å². The third-order valence-corrected chi connectivity index (χ3v) is 7.16. The van der Waals surface area contributed by atoms with Crippen LogP contribution in [0.1, 0.15) is 22.5 Å². The Morgan fingerprint density at radius 1 is 0.762 bits per heavy atom. The van der Waals surface area contributed by atoms with Crippen LogP contribution >= 0.6 is 0 Å². The zero-order valence-corrected chi connectivity index (χ0v) is 24.5. The van der Waals surface area contributed by atoms with Crippen LogP contribution in [-0.2, 0) is 26.2 Å². The second kappa shape index (κ2) is 15.1. The van der Waals surface area contributed by atoms with Crippen molar-refractivity contribution in [3.8, 4) is 5.75 Å². The van der Waals surface area contributed by atoms with Crippen LogP contribution in [0.15, 0.2) is 91.3 Å². The van der Waals surface area contributed by atoms with Gasteiger partial charge < -0.3 is 25.3 Å². The van der Waals surface area contributed by atoms with Gasteiger partial charge in [-0.3, -0.25) is 14.9 Å². The van der Waals surface area contributed by atoms with Gasteiger partial charge >= 0.3 is 0 Å². The maximum absolute atomic E-state index is 5.33. The maximum Gasteiger partial charge on any atom is 0.203 e. The van der Waals surface area contributed by atoms with Crippen LogP contribution in [-0.4, -0.2) is 65.2 Å². The smallest absolute Gasteiger partial charge is 0.203 e. The average Bonchev–Trinajstić information content (AvgIpc) is 3.47. The van der Waals surface area contributed by atoms with Crippen LogP contribution in [0, 0.1) is 0 Å². The average molecular weight is 565 g/mol. The summed E-state index contributed by atoms with van der Waals surface area (Å²) in [6.45, 7) is 6.86. The first-order chi connectivity index (χ1) is 20.7. The topological polar surface area (TPSA) is 94.2 Å². The van der Waals surface area contributed by atoms with Crippen LogP contribution in [0.3, 0.4) is 0 Å². The van der Waals surface area contributed by atoms with E-state index in [0.29, 0.717) is 0 Å². The largest absolute Gasteiger partial charge is 0.497 e. The van der Waals surface area contributed by atoms with Crippen LogP contribution in [0.4, 0.5) is 5.95 Å². The Kier molecular flexibility index (Phi) is 10.5. The number of H-pyrrole nitrogens is 1. The molecule has 3 heterocycles. The quantitative estimate of drug-likeness (QED) is 0.152. The lowest BCUT2D eigenvalue weighted by Crippen LogP contribution is -2.36. The Labute approximate surface area is 248 Å². The van der Waals surface area contributed by atoms with Gasteiger partial charge in [0, 0.05) is 77.9 Å². The Morgan fingerprint density at radius 2 is 1.38 bits per heavy atom.